The minimum atomic E-state index is -1.43. The third kappa shape index (κ3) is 8.12. The molecule has 48 heavy (non-hydrogen) atoms. The predicted octanol–water partition coefficient (Wildman–Crippen LogP) is 1.72. The van der Waals surface area contributed by atoms with Crippen LogP contribution in [0.15, 0.2) is 36.4 Å². The molecule has 3 aliphatic heterocycles. The minimum absolute atomic E-state index is 0.0750. The molecule has 262 valence electrons. The number of carbonyl (C=O) groups is 2. The van der Waals surface area contributed by atoms with E-state index in [4.69, 9.17) is 30.5 Å². The van der Waals surface area contributed by atoms with Crippen molar-refractivity contribution in [1.82, 2.24) is 10.6 Å². The number of hydrogen-bond donors (Lipinski definition) is 7. The Morgan fingerprint density at radius 1 is 0.958 bits per heavy atom. The molecule has 0 aromatic heterocycles. The molecule has 2 aromatic rings. The van der Waals surface area contributed by atoms with Gasteiger partial charge in [-0.2, -0.15) is 0 Å². The van der Waals surface area contributed by atoms with Gasteiger partial charge in [0, 0.05) is 17.5 Å². The highest BCUT2D eigenvalue weighted by atomic mass is 35.5. The molecule has 0 spiro atoms. The minimum Gasteiger partial charge on any atom is -0.491 e. The standard InChI is InChI=1S/C34H43ClN2O11/c35-23-5-2-18(31-32(30(40)29(39)27(16-38)47-31)48-28-8-6-24(37-28)33(41)42)13-19(23)11-17-1-7-26(46-10-9-45-21-3-4-21)22(12-17)20-14-25(34(43)44)36-15-20/h1-2,5,7,12-13,20-21,24-25,27-32,36-40H,3-4,6,8-11,14-16H2,(H,41,42)(H,43,44)/t20?,24-,25-,27+,28?,29+,30-,31-,32+/m0/s1. The highest BCUT2D eigenvalue weighted by Crippen LogP contribution is 2.39. The van der Waals surface area contributed by atoms with Crippen molar-refractivity contribution >= 4 is 23.5 Å². The average Bonchev–Trinajstić information content (AvgIpc) is 3.53. The second kappa shape index (κ2) is 15.4. The van der Waals surface area contributed by atoms with E-state index < -0.39 is 67.4 Å². The maximum atomic E-state index is 11.7. The van der Waals surface area contributed by atoms with Gasteiger partial charge in [0.2, 0.25) is 0 Å². The molecule has 6 rings (SSSR count). The number of rotatable bonds is 14. The zero-order valence-corrected chi connectivity index (χ0v) is 27.1. The first kappa shape index (κ1) is 35.0. The highest BCUT2D eigenvalue weighted by molar-refractivity contribution is 6.31. The topological polar surface area (TPSA) is 196 Å². The fraction of sp³-hybridized carbons (Fsp3) is 0.588. The van der Waals surface area contributed by atoms with Crippen LogP contribution in [0.4, 0.5) is 0 Å². The van der Waals surface area contributed by atoms with Gasteiger partial charge in [-0.05, 0) is 72.9 Å². The van der Waals surface area contributed by atoms with E-state index in [0.29, 0.717) is 67.9 Å². The summed E-state index contributed by atoms with van der Waals surface area (Å²) in [7, 11) is 0. The Balaban J connectivity index is 1.23. The highest BCUT2D eigenvalue weighted by Gasteiger charge is 2.47. The molecule has 13 nitrogen and oxygen atoms in total. The average molecular weight is 691 g/mol. The first-order valence-corrected chi connectivity index (χ1v) is 16.9. The number of benzene rings is 2. The number of ether oxygens (including phenoxy) is 4. The molecule has 7 N–H and O–H groups in total. The van der Waals surface area contributed by atoms with Crippen molar-refractivity contribution < 1.29 is 54.1 Å². The summed E-state index contributed by atoms with van der Waals surface area (Å²) >= 11 is 6.70. The van der Waals surface area contributed by atoms with E-state index in [2.05, 4.69) is 10.6 Å². The number of carboxylic acid groups (broad SMARTS) is 2. The van der Waals surface area contributed by atoms with Crippen molar-refractivity contribution in [1.29, 1.82) is 0 Å². The maximum absolute atomic E-state index is 11.7. The molecule has 1 saturated carbocycles. The first-order valence-electron chi connectivity index (χ1n) is 16.5. The van der Waals surface area contributed by atoms with Crippen LogP contribution < -0.4 is 15.4 Å². The Kier molecular flexibility index (Phi) is 11.2. The Morgan fingerprint density at radius 3 is 2.44 bits per heavy atom. The van der Waals surface area contributed by atoms with Crippen molar-refractivity contribution in [2.75, 3.05) is 26.4 Å². The monoisotopic (exact) mass is 690 g/mol. The van der Waals surface area contributed by atoms with Crippen molar-refractivity contribution in [2.45, 2.75) is 99.4 Å². The van der Waals surface area contributed by atoms with Gasteiger partial charge in [0.25, 0.3) is 0 Å². The van der Waals surface area contributed by atoms with Crippen LogP contribution in [0.2, 0.25) is 5.02 Å². The zero-order valence-electron chi connectivity index (χ0n) is 26.4. The van der Waals surface area contributed by atoms with Crippen LogP contribution in [0.25, 0.3) is 0 Å². The molecule has 3 heterocycles. The first-order chi connectivity index (χ1) is 23.1. The lowest BCUT2D eigenvalue weighted by Gasteiger charge is -2.43. The lowest BCUT2D eigenvalue weighted by Crippen LogP contribution is -2.57. The third-order valence-electron chi connectivity index (χ3n) is 9.55. The summed E-state index contributed by atoms with van der Waals surface area (Å²) in [4.78, 5) is 23.1. The van der Waals surface area contributed by atoms with Crippen LogP contribution in [0.5, 0.6) is 5.75 Å². The van der Waals surface area contributed by atoms with Crippen LogP contribution in [0.1, 0.15) is 66.4 Å². The lowest BCUT2D eigenvalue weighted by atomic mass is 9.89. The molecular formula is C34H43ClN2O11. The second-order valence-electron chi connectivity index (χ2n) is 13.0. The van der Waals surface area contributed by atoms with Crippen LogP contribution >= 0.6 is 11.6 Å². The number of aliphatic hydroxyl groups excluding tert-OH is 3. The third-order valence-corrected chi connectivity index (χ3v) is 9.91. The quantitative estimate of drug-likeness (QED) is 0.142. The molecule has 1 aliphatic carbocycles. The van der Waals surface area contributed by atoms with E-state index in [1.165, 1.54) is 0 Å². The Hall–Kier alpha value is -2.85. The second-order valence-corrected chi connectivity index (χ2v) is 13.4. The number of halogens is 1. The van der Waals surface area contributed by atoms with E-state index in [0.717, 1.165) is 29.5 Å². The van der Waals surface area contributed by atoms with Gasteiger partial charge in [0.1, 0.15) is 61.2 Å². The normalized spacial score (nSPS) is 32.0. The molecule has 2 aromatic carbocycles. The van der Waals surface area contributed by atoms with Crippen molar-refractivity contribution in [3.63, 3.8) is 0 Å². The fourth-order valence-electron chi connectivity index (χ4n) is 6.76. The number of carboxylic acids is 2. The van der Waals surface area contributed by atoms with E-state index in [1.807, 2.05) is 24.3 Å². The van der Waals surface area contributed by atoms with E-state index >= 15 is 0 Å². The van der Waals surface area contributed by atoms with Gasteiger partial charge in [-0.25, -0.2) is 0 Å². The van der Waals surface area contributed by atoms with Gasteiger partial charge >= 0.3 is 11.9 Å². The molecule has 4 aliphatic rings. The summed E-state index contributed by atoms with van der Waals surface area (Å²) in [6.07, 6.45) is -2.58. The summed E-state index contributed by atoms with van der Waals surface area (Å²) in [5, 5.41) is 57.1. The Labute approximate surface area is 283 Å². The van der Waals surface area contributed by atoms with E-state index in [9.17, 15) is 35.1 Å². The number of aliphatic carboxylic acids is 2. The van der Waals surface area contributed by atoms with Crippen LogP contribution in [0.3, 0.4) is 0 Å². The van der Waals surface area contributed by atoms with Crippen LogP contribution in [0, 0.1) is 0 Å². The van der Waals surface area contributed by atoms with Gasteiger partial charge in [-0.3, -0.25) is 14.9 Å². The number of nitrogens with one attached hydrogen (secondary N) is 2. The number of hydrogen-bond acceptors (Lipinski definition) is 11. The van der Waals surface area contributed by atoms with Crippen molar-refractivity contribution in [2.24, 2.45) is 0 Å². The SMILES string of the molecule is O=C(O)[C@@H]1CC(c2cc(Cc3cc([C@@H]4O[C@H](CO)[C@@H](O)[C@H](O)[C@H]4OC4CC[C@@H](C(=O)O)N4)ccc3Cl)ccc2OCCOC2CC2)CN1. The summed E-state index contributed by atoms with van der Waals surface area (Å²) < 4.78 is 24.1. The summed E-state index contributed by atoms with van der Waals surface area (Å²) in [5.41, 5.74) is 3.16. The molecular weight excluding hydrogens is 648 g/mol. The van der Waals surface area contributed by atoms with E-state index in [1.54, 1.807) is 12.1 Å². The molecule has 4 fully saturated rings. The maximum Gasteiger partial charge on any atom is 0.320 e. The summed E-state index contributed by atoms with van der Waals surface area (Å²) in [6, 6.07) is 9.69. The summed E-state index contributed by atoms with van der Waals surface area (Å²) in [6.45, 7) is 0.817. The lowest BCUT2D eigenvalue weighted by molar-refractivity contribution is -0.254. The molecule has 14 heteroatoms. The fourth-order valence-corrected chi connectivity index (χ4v) is 6.94. The molecule has 0 radical (unpaired) electrons. The largest absolute Gasteiger partial charge is 0.491 e. The Bertz CT molecular complexity index is 1460. The van der Waals surface area contributed by atoms with Gasteiger partial charge in [-0.15, -0.1) is 0 Å². The molecule has 3 saturated heterocycles. The van der Waals surface area contributed by atoms with Gasteiger partial charge < -0.3 is 49.8 Å². The molecule has 0 amide bonds. The zero-order chi connectivity index (χ0) is 33.9. The summed E-state index contributed by atoms with van der Waals surface area (Å²) in [5.74, 6) is -1.29. The molecule has 9 atom stereocenters. The molecule has 0 bridgehead atoms. The van der Waals surface area contributed by atoms with Crippen LogP contribution in [-0.2, 0) is 30.2 Å². The molecule has 2 unspecified atom stereocenters. The smallest absolute Gasteiger partial charge is 0.320 e. The predicted molar refractivity (Wildman–Crippen MR) is 171 cm³/mol. The van der Waals surface area contributed by atoms with Crippen molar-refractivity contribution in [3.8, 4) is 5.75 Å². The number of aliphatic hydroxyl groups is 3. The van der Waals surface area contributed by atoms with Gasteiger partial charge in [-0.1, -0.05) is 35.9 Å². The van der Waals surface area contributed by atoms with Gasteiger partial charge in [0.15, 0.2) is 0 Å². The van der Waals surface area contributed by atoms with E-state index in [-0.39, 0.29) is 5.92 Å². The Morgan fingerprint density at radius 2 is 1.75 bits per heavy atom. The van der Waals surface area contributed by atoms with Gasteiger partial charge in [0.05, 0.1) is 19.3 Å². The van der Waals surface area contributed by atoms with Crippen molar-refractivity contribution in [3.05, 3.63) is 63.7 Å². The van der Waals surface area contributed by atoms with Crippen LogP contribution in [-0.4, -0.2) is 113 Å².